The fourth-order valence-electron chi connectivity index (χ4n) is 5.00. The highest BCUT2D eigenvalue weighted by atomic mass is 16.6. The van der Waals surface area contributed by atoms with Gasteiger partial charge in [0.1, 0.15) is 5.76 Å². The summed E-state index contributed by atoms with van der Waals surface area (Å²) >= 11 is 0. The average Bonchev–Trinajstić information content (AvgIpc) is 2.86. The first-order valence-corrected chi connectivity index (χ1v) is 9.26. The molecule has 0 bridgehead atoms. The molecule has 5 rings (SSSR count). The number of Topliss-reactive ketones (excluding diaryl/α,β-unsaturated/α-hetero) is 1. The Labute approximate surface area is 151 Å². The predicted octanol–water partition coefficient (Wildman–Crippen LogP) is 4.27. The first kappa shape index (κ1) is 15.6. The monoisotopic (exact) mass is 348 g/mol. The van der Waals surface area contributed by atoms with Gasteiger partial charge in [0.2, 0.25) is 5.60 Å². The highest BCUT2D eigenvalue weighted by Gasteiger charge is 2.58. The lowest BCUT2D eigenvalue weighted by Crippen LogP contribution is -2.46. The number of hydrogen-bond donors (Lipinski definition) is 0. The minimum Gasteiger partial charge on any atom is -0.474 e. The SMILES string of the molecule is COC(=O)[C@]12CCCCC[C@H]1C1=C(O2)c2cccc3cccc(c23)C1=O. The molecule has 0 aromatic heterocycles. The lowest BCUT2D eigenvalue weighted by atomic mass is 9.75. The summed E-state index contributed by atoms with van der Waals surface area (Å²) in [7, 11) is 1.40. The number of methoxy groups -OCH3 is 1. The molecule has 0 N–H and O–H groups in total. The summed E-state index contributed by atoms with van der Waals surface area (Å²) in [6.45, 7) is 0. The van der Waals surface area contributed by atoms with E-state index in [1.165, 1.54) is 7.11 Å². The molecule has 4 nitrogen and oxygen atoms in total. The first-order chi connectivity index (χ1) is 12.7. The Bertz CT molecular complexity index is 982. The lowest BCUT2D eigenvalue weighted by molar-refractivity contribution is -0.164. The molecular formula is C22H20O4. The van der Waals surface area contributed by atoms with Gasteiger partial charge in [0.15, 0.2) is 5.78 Å². The Hall–Kier alpha value is -2.62. The summed E-state index contributed by atoms with van der Waals surface area (Å²) in [5, 5.41) is 1.94. The van der Waals surface area contributed by atoms with Gasteiger partial charge in [-0.25, -0.2) is 4.79 Å². The second kappa shape index (κ2) is 5.44. The number of ether oxygens (including phenoxy) is 2. The number of hydrogen-bond acceptors (Lipinski definition) is 4. The summed E-state index contributed by atoms with van der Waals surface area (Å²) < 4.78 is 11.5. The molecule has 1 fully saturated rings. The maximum absolute atomic E-state index is 13.4. The lowest BCUT2D eigenvalue weighted by Gasteiger charge is -2.31. The molecule has 2 atom stereocenters. The third-order valence-corrected chi connectivity index (χ3v) is 6.15. The van der Waals surface area contributed by atoms with E-state index in [2.05, 4.69) is 0 Å². The van der Waals surface area contributed by atoms with Gasteiger partial charge in [-0.3, -0.25) is 4.79 Å². The van der Waals surface area contributed by atoms with Gasteiger partial charge in [-0.1, -0.05) is 49.2 Å². The molecule has 2 aromatic rings. The van der Waals surface area contributed by atoms with Gasteiger partial charge < -0.3 is 9.47 Å². The van der Waals surface area contributed by atoms with E-state index in [4.69, 9.17) is 9.47 Å². The number of rotatable bonds is 1. The number of benzene rings is 2. The van der Waals surface area contributed by atoms with Crippen molar-refractivity contribution < 1.29 is 19.1 Å². The summed E-state index contributed by atoms with van der Waals surface area (Å²) in [5.74, 6) is 0.00460. The van der Waals surface area contributed by atoms with E-state index in [1.807, 2.05) is 36.4 Å². The van der Waals surface area contributed by atoms with Gasteiger partial charge >= 0.3 is 5.97 Å². The highest BCUT2D eigenvalue weighted by Crippen LogP contribution is 2.54. The van der Waals surface area contributed by atoms with Gasteiger partial charge in [-0.05, 0) is 24.6 Å². The Balaban J connectivity index is 1.77. The van der Waals surface area contributed by atoms with E-state index in [-0.39, 0.29) is 17.7 Å². The van der Waals surface area contributed by atoms with Crippen LogP contribution >= 0.6 is 0 Å². The van der Waals surface area contributed by atoms with Crippen LogP contribution < -0.4 is 0 Å². The smallest absolute Gasteiger partial charge is 0.350 e. The zero-order valence-corrected chi connectivity index (χ0v) is 14.7. The molecule has 0 spiro atoms. The minimum atomic E-state index is -1.06. The number of ketones is 1. The van der Waals surface area contributed by atoms with E-state index in [9.17, 15) is 9.59 Å². The molecule has 1 saturated carbocycles. The highest BCUT2D eigenvalue weighted by molar-refractivity contribution is 6.25. The van der Waals surface area contributed by atoms with Crippen molar-refractivity contribution in [3.63, 3.8) is 0 Å². The molecule has 0 unspecified atom stereocenters. The van der Waals surface area contributed by atoms with Crippen LogP contribution in [-0.4, -0.2) is 24.5 Å². The fourth-order valence-corrected chi connectivity index (χ4v) is 5.00. The van der Waals surface area contributed by atoms with Crippen molar-refractivity contribution >= 4 is 28.3 Å². The van der Waals surface area contributed by atoms with Crippen molar-refractivity contribution in [2.75, 3.05) is 7.11 Å². The third kappa shape index (κ3) is 1.84. The van der Waals surface area contributed by atoms with E-state index < -0.39 is 5.60 Å². The van der Waals surface area contributed by atoms with Crippen LogP contribution in [0.3, 0.4) is 0 Å². The van der Waals surface area contributed by atoms with Gasteiger partial charge in [0.05, 0.1) is 12.7 Å². The molecule has 0 saturated heterocycles. The number of esters is 1. The average molecular weight is 348 g/mol. The molecule has 1 aliphatic heterocycles. The third-order valence-electron chi connectivity index (χ3n) is 6.15. The molecule has 132 valence electrons. The van der Waals surface area contributed by atoms with Crippen LogP contribution in [0.2, 0.25) is 0 Å². The quantitative estimate of drug-likeness (QED) is 0.722. The summed E-state index contributed by atoms with van der Waals surface area (Å²) in [6.07, 6.45) is 4.30. The van der Waals surface area contributed by atoms with Crippen molar-refractivity contribution in [2.45, 2.75) is 37.7 Å². The summed E-state index contributed by atoms with van der Waals surface area (Å²) in [4.78, 5) is 26.2. The van der Waals surface area contributed by atoms with Crippen molar-refractivity contribution in [1.29, 1.82) is 0 Å². The van der Waals surface area contributed by atoms with Crippen molar-refractivity contribution in [3.8, 4) is 0 Å². The Kier molecular flexibility index (Phi) is 3.27. The van der Waals surface area contributed by atoms with Gasteiger partial charge in [-0.2, -0.15) is 0 Å². The molecular weight excluding hydrogens is 328 g/mol. The molecule has 1 heterocycles. The standard InChI is InChI=1S/C22H20O4/c1-25-21(24)22-12-4-2-3-11-16(22)18-19(23)14-9-5-7-13-8-6-10-15(17(13)14)20(18)26-22/h5-10,16H,2-4,11-12H2,1H3/t16-,22-/m0/s1. The van der Waals surface area contributed by atoms with E-state index in [0.29, 0.717) is 23.3 Å². The van der Waals surface area contributed by atoms with E-state index >= 15 is 0 Å². The number of carbonyl (C=O) groups excluding carboxylic acids is 2. The van der Waals surface area contributed by atoms with Gasteiger partial charge in [-0.15, -0.1) is 0 Å². The Morgan fingerprint density at radius 1 is 1.12 bits per heavy atom. The first-order valence-electron chi connectivity index (χ1n) is 9.26. The van der Waals surface area contributed by atoms with Crippen LogP contribution in [0.4, 0.5) is 0 Å². The van der Waals surface area contributed by atoms with E-state index in [0.717, 1.165) is 42.0 Å². The predicted molar refractivity (Wildman–Crippen MR) is 97.6 cm³/mol. The van der Waals surface area contributed by atoms with E-state index in [1.54, 1.807) is 0 Å². The molecule has 0 radical (unpaired) electrons. The molecule has 3 aliphatic rings. The maximum atomic E-state index is 13.4. The topological polar surface area (TPSA) is 52.6 Å². The summed E-state index contributed by atoms with van der Waals surface area (Å²) in [6, 6.07) is 11.8. The number of carbonyl (C=O) groups is 2. The van der Waals surface area contributed by atoms with Crippen LogP contribution in [0, 0.1) is 5.92 Å². The van der Waals surface area contributed by atoms with Crippen molar-refractivity contribution in [3.05, 3.63) is 53.1 Å². The molecule has 2 aromatic carbocycles. The minimum absolute atomic E-state index is 0.00183. The molecule has 4 heteroatoms. The second-order valence-electron chi connectivity index (χ2n) is 7.42. The van der Waals surface area contributed by atoms with Crippen LogP contribution in [0.5, 0.6) is 0 Å². The maximum Gasteiger partial charge on any atom is 0.350 e. The molecule has 0 amide bonds. The van der Waals surface area contributed by atoms with Crippen molar-refractivity contribution in [2.24, 2.45) is 5.92 Å². The van der Waals surface area contributed by atoms with Gasteiger partial charge in [0.25, 0.3) is 0 Å². The number of fused-ring (bicyclic) bond motifs is 3. The van der Waals surface area contributed by atoms with Crippen LogP contribution in [0.1, 0.15) is 48.0 Å². The molecule has 2 aliphatic carbocycles. The zero-order valence-electron chi connectivity index (χ0n) is 14.7. The molecule has 26 heavy (non-hydrogen) atoms. The fraction of sp³-hybridized carbons (Fsp3) is 0.364. The van der Waals surface area contributed by atoms with Gasteiger partial charge in [0, 0.05) is 22.4 Å². The Morgan fingerprint density at radius 2 is 1.88 bits per heavy atom. The second-order valence-corrected chi connectivity index (χ2v) is 7.42. The Morgan fingerprint density at radius 3 is 2.65 bits per heavy atom. The van der Waals surface area contributed by atoms with Crippen molar-refractivity contribution in [1.82, 2.24) is 0 Å². The normalized spacial score (nSPS) is 26.8. The van der Waals surface area contributed by atoms with Crippen LogP contribution in [-0.2, 0) is 14.3 Å². The summed E-state index contributed by atoms with van der Waals surface area (Å²) in [5.41, 5.74) is 1.24. The zero-order chi connectivity index (χ0) is 17.9. The van der Waals surface area contributed by atoms with Crippen LogP contribution in [0.25, 0.3) is 16.5 Å². The van der Waals surface area contributed by atoms with Crippen LogP contribution in [0.15, 0.2) is 42.0 Å². The largest absolute Gasteiger partial charge is 0.474 e.